The van der Waals surface area contributed by atoms with Crippen molar-refractivity contribution in [1.29, 1.82) is 0 Å². The molecule has 19 heavy (non-hydrogen) atoms. The molecule has 0 aromatic heterocycles. The number of piperazine rings is 1. The largest absolute Gasteiger partial charge is 0.329 e. The highest BCUT2D eigenvalue weighted by Crippen LogP contribution is 2.22. The van der Waals surface area contributed by atoms with E-state index < -0.39 is 6.04 Å². The van der Waals surface area contributed by atoms with E-state index in [-0.39, 0.29) is 11.8 Å². The summed E-state index contributed by atoms with van der Waals surface area (Å²) in [6.45, 7) is 4.68. The van der Waals surface area contributed by atoms with E-state index in [1.54, 1.807) is 28.9 Å². The van der Waals surface area contributed by atoms with Crippen molar-refractivity contribution < 1.29 is 9.59 Å². The van der Waals surface area contributed by atoms with Gasteiger partial charge in [-0.15, -0.1) is 0 Å². The molecule has 2 amide bonds. The maximum atomic E-state index is 12.3. The molecule has 4 nitrogen and oxygen atoms in total. The molecule has 1 fully saturated rings. The van der Waals surface area contributed by atoms with Crippen molar-refractivity contribution in [3.63, 3.8) is 0 Å². The van der Waals surface area contributed by atoms with E-state index in [9.17, 15) is 9.59 Å². The molecule has 102 valence electrons. The smallest absolute Gasteiger partial charge is 0.249 e. The van der Waals surface area contributed by atoms with Gasteiger partial charge in [0.05, 0.1) is 0 Å². The third-order valence-electron chi connectivity index (χ3n) is 3.42. The molecule has 0 saturated carbocycles. The van der Waals surface area contributed by atoms with E-state index in [1.165, 1.54) is 0 Å². The fraction of sp³-hybridized carbons (Fsp3) is 0.429. The van der Waals surface area contributed by atoms with Crippen LogP contribution in [0.15, 0.2) is 24.3 Å². The number of hydrogen-bond donors (Lipinski definition) is 0. The van der Waals surface area contributed by atoms with Crippen LogP contribution in [0.25, 0.3) is 0 Å². The molecule has 0 N–H and O–H groups in total. The molecular formula is C14H17ClN2O2. The maximum absolute atomic E-state index is 12.3. The van der Waals surface area contributed by atoms with E-state index in [0.717, 1.165) is 5.69 Å². The van der Waals surface area contributed by atoms with Gasteiger partial charge < -0.3 is 9.80 Å². The normalized spacial score (nSPS) is 19.7. The van der Waals surface area contributed by atoms with Gasteiger partial charge in [-0.25, -0.2) is 0 Å². The summed E-state index contributed by atoms with van der Waals surface area (Å²) in [5, 5.41) is 0.643. The molecule has 0 bridgehead atoms. The van der Waals surface area contributed by atoms with Gasteiger partial charge in [-0.05, 0) is 31.2 Å². The van der Waals surface area contributed by atoms with Gasteiger partial charge in [0.2, 0.25) is 11.8 Å². The summed E-state index contributed by atoms with van der Waals surface area (Å²) in [5.74, 6) is -0.0213. The SMILES string of the molecule is CCC(=O)N1CCN(c2ccc(Cl)cc2)C(=O)[C@@H]1C. The average molecular weight is 281 g/mol. The van der Waals surface area contributed by atoms with E-state index in [0.29, 0.717) is 24.5 Å². The predicted molar refractivity (Wildman–Crippen MR) is 75.3 cm³/mol. The van der Waals surface area contributed by atoms with Gasteiger partial charge in [-0.2, -0.15) is 0 Å². The third-order valence-corrected chi connectivity index (χ3v) is 3.67. The van der Waals surface area contributed by atoms with Gasteiger partial charge in [0.25, 0.3) is 0 Å². The summed E-state index contributed by atoms with van der Waals surface area (Å²) in [7, 11) is 0. The summed E-state index contributed by atoms with van der Waals surface area (Å²) < 4.78 is 0. The summed E-state index contributed by atoms with van der Waals surface area (Å²) >= 11 is 5.84. The first-order valence-corrected chi connectivity index (χ1v) is 6.78. The second-order valence-electron chi connectivity index (χ2n) is 4.58. The Hall–Kier alpha value is -1.55. The monoisotopic (exact) mass is 280 g/mol. The molecule has 1 aliphatic heterocycles. The van der Waals surface area contributed by atoms with Gasteiger partial charge in [0.1, 0.15) is 6.04 Å². The Balaban J connectivity index is 2.17. The molecule has 0 unspecified atom stereocenters. The molecule has 1 atom stereocenters. The van der Waals surface area contributed by atoms with Gasteiger partial charge in [-0.3, -0.25) is 9.59 Å². The lowest BCUT2D eigenvalue weighted by Gasteiger charge is -2.39. The quantitative estimate of drug-likeness (QED) is 0.834. The van der Waals surface area contributed by atoms with Crippen LogP contribution in [0, 0.1) is 0 Å². The van der Waals surface area contributed by atoms with Crippen molar-refractivity contribution in [1.82, 2.24) is 4.90 Å². The van der Waals surface area contributed by atoms with Crippen molar-refractivity contribution >= 4 is 29.1 Å². The van der Waals surface area contributed by atoms with Crippen LogP contribution < -0.4 is 4.90 Å². The van der Waals surface area contributed by atoms with E-state index in [2.05, 4.69) is 0 Å². The van der Waals surface area contributed by atoms with Crippen LogP contribution in [0.1, 0.15) is 20.3 Å². The molecule has 1 aromatic carbocycles. The minimum absolute atomic E-state index is 0.0246. The van der Waals surface area contributed by atoms with Crippen LogP contribution >= 0.6 is 11.6 Å². The van der Waals surface area contributed by atoms with Gasteiger partial charge in [0.15, 0.2) is 0 Å². The molecule has 1 aliphatic rings. The number of benzene rings is 1. The Morgan fingerprint density at radius 2 is 1.95 bits per heavy atom. The molecule has 0 spiro atoms. The lowest BCUT2D eigenvalue weighted by Crippen LogP contribution is -2.57. The topological polar surface area (TPSA) is 40.6 Å². The number of rotatable bonds is 2. The first-order chi connectivity index (χ1) is 9.04. The number of nitrogens with zero attached hydrogens (tertiary/aromatic N) is 2. The minimum Gasteiger partial charge on any atom is -0.329 e. The molecule has 0 aliphatic carbocycles. The summed E-state index contributed by atoms with van der Waals surface area (Å²) in [6.07, 6.45) is 0.429. The molecule has 1 heterocycles. The van der Waals surface area contributed by atoms with Crippen LogP contribution in [-0.4, -0.2) is 35.8 Å². The summed E-state index contributed by atoms with van der Waals surface area (Å²) in [5.41, 5.74) is 0.824. The Morgan fingerprint density at radius 1 is 1.32 bits per heavy atom. The lowest BCUT2D eigenvalue weighted by molar-refractivity contribution is -0.140. The third kappa shape index (κ3) is 2.73. The predicted octanol–water partition coefficient (Wildman–Crippen LogP) is 2.31. The number of halogens is 1. The molecule has 1 aromatic rings. The molecule has 5 heteroatoms. The van der Waals surface area contributed by atoms with Crippen molar-refractivity contribution in [2.75, 3.05) is 18.0 Å². The highest BCUT2D eigenvalue weighted by Gasteiger charge is 2.34. The first-order valence-electron chi connectivity index (χ1n) is 6.41. The molecule has 1 saturated heterocycles. The fourth-order valence-electron chi connectivity index (χ4n) is 2.29. The highest BCUT2D eigenvalue weighted by atomic mass is 35.5. The highest BCUT2D eigenvalue weighted by molar-refractivity contribution is 6.30. The number of anilines is 1. The van der Waals surface area contributed by atoms with Crippen LogP contribution in [-0.2, 0) is 9.59 Å². The van der Waals surface area contributed by atoms with Crippen LogP contribution in [0.4, 0.5) is 5.69 Å². The second kappa shape index (κ2) is 5.61. The summed E-state index contributed by atoms with van der Waals surface area (Å²) in [4.78, 5) is 27.4. The Kier molecular flexibility index (Phi) is 4.10. The van der Waals surface area contributed by atoms with E-state index in [1.807, 2.05) is 19.1 Å². The minimum atomic E-state index is -0.406. The molecule has 0 radical (unpaired) electrons. The van der Waals surface area contributed by atoms with Gasteiger partial charge >= 0.3 is 0 Å². The zero-order valence-electron chi connectivity index (χ0n) is 11.1. The van der Waals surface area contributed by atoms with E-state index >= 15 is 0 Å². The number of carbonyl (C=O) groups is 2. The fourth-order valence-corrected chi connectivity index (χ4v) is 2.42. The number of amides is 2. The molecule has 2 rings (SSSR count). The second-order valence-corrected chi connectivity index (χ2v) is 5.02. The van der Waals surface area contributed by atoms with E-state index in [4.69, 9.17) is 11.6 Å². The van der Waals surface area contributed by atoms with Gasteiger partial charge in [-0.1, -0.05) is 18.5 Å². The molecular weight excluding hydrogens is 264 g/mol. The van der Waals surface area contributed by atoms with Crippen molar-refractivity contribution in [3.05, 3.63) is 29.3 Å². The van der Waals surface area contributed by atoms with Crippen LogP contribution in [0.3, 0.4) is 0 Å². The van der Waals surface area contributed by atoms with Crippen molar-refractivity contribution in [2.24, 2.45) is 0 Å². The Bertz CT molecular complexity index is 487. The number of hydrogen-bond acceptors (Lipinski definition) is 2. The average Bonchev–Trinajstić information content (AvgIpc) is 2.42. The zero-order valence-corrected chi connectivity index (χ0v) is 11.9. The van der Waals surface area contributed by atoms with Crippen molar-refractivity contribution in [3.8, 4) is 0 Å². The Labute approximate surface area is 117 Å². The van der Waals surface area contributed by atoms with Gasteiger partial charge in [0, 0.05) is 30.2 Å². The zero-order chi connectivity index (χ0) is 14.0. The lowest BCUT2D eigenvalue weighted by atomic mass is 10.1. The van der Waals surface area contributed by atoms with Crippen molar-refractivity contribution in [2.45, 2.75) is 26.3 Å². The Morgan fingerprint density at radius 3 is 2.53 bits per heavy atom. The first kappa shape index (κ1) is 13.9. The number of carbonyl (C=O) groups excluding carboxylic acids is 2. The maximum Gasteiger partial charge on any atom is 0.249 e. The standard InChI is InChI=1S/C14H17ClN2O2/c1-3-13(18)16-8-9-17(14(19)10(16)2)12-6-4-11(15)5-7-12/h4-7,10H,3,8-9H2,1-2H3/t10-/m0/s1. The van der Waals surface area contributed by atoms with Crippen LogP contribution in [0.2, 0.25) is 5.02 Å². The van der Waals surface area contributed by atoms with Crippen LogP contribution in [0.5, 0.6) is 0 Å². The summed E-state index contributed by atoms with van der Waals surface area (Å²) in [6, 6.07) is 6.77.